The van der Waals surface area contributed by atoms with Crippen molar-refractivity contribution in [2.75, 3.05) is 19.7 Å². The lowest BCUT2D eigenvalue weighted by Crippen LogP contribution is -2.37. The highest BCUT2D eigenvalue weighted by Gasteiger charge is 2.18. The summed E-state index contributed by atoms with van der Waals surface area (Å²) in [5.74, 6) is 0.764. The number of rotatable bonds is 8. The molecule has 0 amide bonds. The summed E-state index contributed by atoms with van der Waals surface area (Å²) in [5, 5.41) is 19.2. The van der Waals surface area contributed by atoms with Gasteiger partial charge in [-0.15, -0.1) is 0 Å². The van der Waals surface area contributed by atoms with Crippen LogP contribution in [-0.2, 0) is 0 Å². The van der Waals surface area contributed by atoms with Gasteiger partial charge in [0.05, 0.1) is 11.6 Å². The van der Waals surface area contributed by atoms with Crippen molar-refractivity contribution >= 4 is 0 Å². The third-order valence-corrected chi connectivity index (χ3v) is 4.11. The van der Waals surface area contributed by atoms with Crippen LogP contribution >= 0.6 is 0 Å². The van der Waals surface area contributed by atoms with Crippen LogP contribution < -0.4 is 4.74 Å². The van der Waals surface area contributed by atoms with Crippen LogP contribution in [0, 0.1) is 11.3 Å². The van der Waals surface area contributed by atoms with Crippen molar-refractivity contribution < 1.29 is 9.84 Å². The minimum atomic E-state index is -0.564. The molecule has 0 fully saturated rings. The fourth-order valence-electron chi connectivity index (χ4n) is 2.64. The average Bonchev–Trinajstić information content (AvgIpc) is 2.64. The predicted molar refractivity (Wildman–Crippen MR) is 94.8 cm³/mol. The summed E-state index contributed by atoms with van der Waals surface area (Å²) in [6, 6.07) is 19.4. The van der Waals surface area contributed by atoms with Gasteiger partial charge in [0.15, 0.2) is 0 Å². The largest absolute Gasteiger partial charge is 0.491 e. The van der Waals surface area contributed by atoms with Crippen molar-refractivity contribution in [3.05, 3.63) is 65.7 Å². The van der Waals surface area contributed by atoms with E-state index < -0.39 is 6.10 Å². The van der Waals surface area contributed by atoms with Crippen molar-refractivity contribution in [1.29, 1.82) is 5.26 Å². The first-order valence-corrected chi connectivity index (χ1v) is 8.24. The average molecular weight is 324 g/mol. The van der Waals surface area contributed by atoms with E-state index in [-0.39, 0.29) is 12.6 Å². The monoisotopic (exact) mass is 324 g/mol. The van der Waals surface area contributed by atoms with Crippen molar-refractivity contribution in [3.63, 3.8) is 0 Å². The van der Waals surface area contributed by atoms with Crippen molar-refractivity contribution in [3.8, 4) is 11.8 Å². The van der Waals surface area contributed by atoms with Gasteiger partial charge in [-0.25, -0.2) is 0 Å². The Bertz CT molecular complexity index is 650. The van der Waals surface area contributed by atoms with Crippen LogP contribution in [0.15, 0.2) is 54.6 Å². The number of benzene rings is 2. The van der Waals surface area contributed by atoms with E-state index in [2.05, 4.69) is 24.8 Å². The summed E-state index contributed by atoms with van der Waals surface area (Å²) in [7, 11) is 0. The number of para-hydroxylation sites is 1. The molecule has 0 aliphatic carbocycles. The highest BCUT2D eigenvalue weighted by atomic mass is 16.5. The number of aliphatic hydroxyl groups is 1. The summed E-state index contributed by atoms with van der Waals surface area (Å²) >= 11 is 0. The highest BCUT2D eigenvalue weighted by molar-refractivity contribution is 5.32. The zero-order valence-corrected chi connectivity index (χ0v) is 14.2. The van der Waals surface area contributed by atoms with E-state index in [4.69, 9.17) is 10.00 Å². The molecule has 4 nitrogen and oxygen atoms in total. The number of aliphatic hydroxyl groups excluding tert-OH is 1. The molecule has 0 aromatic heterocycles. The van der Waals surface area contributed by atoms with E-state index in [0.29, 0.717) is 12.1 Å². The summed E-state index contributed by atoms with van der Waals surface area (Å²) in [6.45, 7) is 5.80. The minimum Gasteiger partial charge on any atom is -0.491 e. The van der Waals surface area contributed by atoms with Crippen LogP contribution in [0.2, 0.25) is 0 Å². The first kappa shape index (κ1) is 18.0. The van der Waals surface area contributed by atoms with Crippen molar-refractivity contribution in [1.82, 2.24) is 4.90 Å². The van der Waals surface area contributed by atoms with Crippen LogP contribution in [0.25, 0.3) is 0 Å². The number of likely N-dealkylation sites (N-methyl/N-ethyl adjacent to an activating group) is 1. The second-order valence-electron chi connectivity index (χ2n) is 5.78. The standard InChI is InChI=1S/C20H24N2O2/c1-3-22(16(2)18-11-9-17(13-21)10-12-18)14-19(23)15-24-20-7-5-4-6-8-20/h4-12,16,19,23H,3,14-15H2,1-2H3. The molecule has 0 bridgehead atoms. The third kappa shape index (κ3) is 5.09. The lowest BCUT2D eigenvalue weighted by atomic mass is 10.0. The smallest absolute Gasteiger partial charge is 0.119 e. The van der Waals surface area contributed by atoms with Gasteiger partial charge in [0.1, 0.15) is 18.5 Å². The molecule has 4 heteroatoms. The molecule has 2 aromatic rings. The van der Waals surface area contributed by atoms with Crippen molar-refractivity contribution in [2.24, 2.45) is 0 Å². The molecule has 2 atom stereocenters. The summed E-state index contributed by atoms with van der Waals surface area (Å²) in [4.78, 5) is 2.19. The SMILES string of the molecule is CCN(CC(O)COc1ccccc1)C(C)c1ccc(C#N)cc1. The summed E-state index contributed by atoms with van der Waals surface area (Å²) < 4.78 is 5.62. The zero-order chi connectivity index (χ0) is 17.4. The lowest BCUT2D eigenvalue weighted by Gasteiger charge is -2.30. The van der Waals surface area contributed by atoms with Gasteiger partial charge in [-0.3, -0.25) is 4.90 Å². The maximum Gasteiger partial charge on any atom is 0.119 e. The van der Waals surface area contributed by atoms with E-state index in [1.807, 2.05) is 54.6 Å². The molecular weight excluding hydrogens is 300 g/mol. The first-order chi connectivity index (χ1) is 11.6. The summed E-state index contributed by atoms with van der Waals surface area (Å²) in [6.07, 6.45) is -0.564. The molecule has 0 aliphatic heterocycles. The number of nitriles is 1. The molecule has 0 heterocycles. The number of hydrogen-bond acceptors (Lipinski definition) is 4. The van der Waals surface area contributed by atoms with Crippen LogP contribution in [0.4, 0.5) is 0 Å². The van der Waals surface area contributed by atoms with Gasteiger partial charge in [-0.05, 0) is 43.3 Å². The Morgan fingerprint density at radius 1 is 1.12 bits per heavy atom. The molecule has 0 saturated heterocycles. The van der Waals surface area contributed by atoms with Crippen LogP contribution in [0.1, 0.15) is 31.0 Å². The third-order valence-electron chi connectivity index (χ3n) is 4.11. The Balaban J connectivity index is 1.91. The zero-order valence-electron chi connectivity index (χ0n) is 14.2. The van der Waals surface area contributed by atoms with Crippen LogP contribution in [0.5, 0.6) is 5.75 Å². The maximum absolute atomic E-state index is 10.3. The van der Waals surface area contributed by atoms with Gasteiger partial charge < -0.3 is 9.84 Å². The molecule has 2 unspecified atom stereocenters. The number of hydrogen-bond donors (Lipinski definition) is 1. The second-order valence-corrected chi connectivity index (χ2v) is 5.78. The minimum absolute atomic E-state index is 0.161. The van der Waals surface area contributed by atoms with Gasteiger partial charge in [0.2, 0.25) is 0 Å². The molecule has 2 rings (SSSR count). The molecule has 24 heavy (non-hydrogen) atoms. The Morgan fingerprint density at radius 3 is 2.38 bits per heavy atom. The Labute approximate surface area is 143 Å². The van der Waals surface area contributed by atoms with Crippen LogP contribution in [-0.4, -0.2) is 35.8 Å². The topological polar surface area (TPSA) is 56.5 Å². The number of nitrogens with zero attached hydrogens (tertiary/aromatic N) is 2. The van der Waals surface area contributed by atoms with Gasteiger partial charge in [0, 0.05) is 12.6 Å². The lowest BCUT2D eigenvalue weighted by molar-refractivity contribution is 0.0568. The Morgan fingerprint density at radius 2 is 1.79 bits per heavy atom. The molecule has 0 aliphatic rings. The Kier molecular flexibility index (Phi) is 6.80. The normalized spacial score (nSPS) is 13.3. The van der Waals surface area contributed by atoms with E-state index in [1.165, 1.54) is 0 Å². The highest BCUT2D eigenvalue weighted by Crippen LogP contribution is 2.21. The van der Waals surface area contributed by atoms with E-state index in [1.54, 1.807) is 0 Å². The Hall–Kier alpha value is -2.35. The van der Waals surface area contributed by atoms with Gasteiger partial charge >= 0.3 is 0 Å². The molecule has 0 radical (unpaired) electrons. The fraction of sp³-hybridized carbons (Fsp3) is 0.350. The molecule has 2 aromatic carbocycles. The molecule has 126 valence electrons. The molecule has 0 saturated carbocycles. The van der Waals surface area contributed by atoms with E-state index in [9.17, 15) is 5.11 Å². The second kappa shape index (κ2) is 9.07. The first-order valence-electron chi connectivity index (χ1n) is 8.24. The fourth-order valence-corrected chi connectivity index (χ4v) is 2.64. The van der Waals surface area contributed by atoms with E-state index >= 15 is 0 Å². The number of ether oxygens (including phenoxy) is 1. The molecular formula is C20H24N2O2. The van der Waals surface area contributed by atoms with Gasteiger partial charge in [0.25, 0.3) is 0 Å². The van der Waals surface area contributed by atoms with E-state index in [0.717, 1.165) is 17.9 Å². The molecule has 1 N–H and O–H groups in total. The van der Waals surface area contributed by atoms with Crippen molar-refractivity contribution in [2.45, 2.75) is 26.0 Å². The van der Waals surface area contributed by atoms with Gasteiger partial charge in [-0.2, -0.15) is 5.26 Å². The van der Waals surface area contributed by atoms with Crippen LogP contribution in [0.3, 0.4) is 0 Å². The maximum atomic E-state index is 10.3. The molecule has 0 spiro atoms. The predicted octanol–water partition coefficient (Wildman–Crippen LogP) is 3.38. The summed E-state index contributed by atoms with van der Waals surface area (Å²) in [5.41, 5.74) is 1.79. The van der Waals surface area contributed by atoms with Gasteiger partial charge in [-0.1, -0.05) is 37.3 Å². The quantitative estimate of drug-likeness (QED) is 0.809.